The van der Waals surface area contributed by atoms with E-state index in [2.05, 4.69) is 11.9 Å². The number of hydrogen-bond donors (Lipinski definition) is 1. The van der Waals surface area contributed by atoms with E-state index in [1.807, 2.05) is 23.6 Å². The van der Waals surface area contributed by atoms with Crippen molar-refractivity contribution in [2.24, 2.45) is 5.73 Å². The fourth-order valence-corrected chi connectivity index (χ4v) is 3.09. The number of halogens is 1. The Kier molecular flexibility index (Phi) is 5.83. The highest BCUT2D eigenvalue weighted by molar-refractivity contribution is 7.09. The number of hydrogen-bond acceptors (Lipinski definition) is 4. The lowest BCUT2D eigenvalue weighted by atomic mass is 10.1. The number of ether oxygens (including phenoxy) is 1. The van der Waals surface area contributed by atoms with E-state index in [4.69, 9.17) is 22.1 Å². The lowest BCUT2D eigenvalue weighted by Crippen LogP contribution is -2.06. The second kappa shape index (κ2) is 7.62. The molecule has 0 saturated carbocycles. The van der Waals surface area contributed by atoms with Crippen molar-refractivity contribution in [3.63, 3.8) is 0 Å². The average molecular weight is 311 g/mol. The smallest absolute Gasteiger partial charge is 0.141 e. The summed E-state index contributed by atoms with van der Waals surface area (Å²) in [5.41, 5.74) is 7.62. The summed E-state index contributed by atoms with van der Waals surface area (Å²) < 4.78 is 5.85. The van der Waals surface area contributed by atoms with Gasteiger partial charge in [0, 0.05) is 5.38 Å². The highest BCUT2D eigenvalue weighted by Gasteiger charge is 2.09. The molecule has 5 heteroatoms. The molecule has 0 bridgehead atoms. The third-order valence-corrected chi connectivity index (χ3v) is 4.14. The summed E-state index contributed by atoms with van der Waals surface area (Å²) in [7, 11) is 0. The van der Waals surface area contributed by atoms with Crippen LogP contribution in [0, 0.1) is 0 Å². The molecule has 0 amide bonds. The van der Waals surface area contributed by atoms with E-state index in [-0.39, 0.29) is 0 Å². The molecule has 0 aliphatic rings. The quantitative estimate of drug-likeness (QED) is 0.845. The summed E-state index contributed by atoms with van der Waals surface area (Å²) >= 11 is 7.89. The molecule has 1 heterocycles. The lowest BCUT2D eigenvalue weighted by Gasteiger charge is -2.11. The Labute approximate surface area is 128 Å². The van der Waals surface area contributed by atoms with Gasteiger partial charge in [0.05, 0.1) is 15.7 Å². The Morgan fingerprint density at radius 3 is 2.95 bits per heavy atom. The third kappa shape index (κ3) is 3.95. The third-order valence-electron chi connectivity index (χ3n) is 2.89. The topological polar surface area (TPSA) is 48.1 Å². The second-order valence-corrected chi connectivity index (χ2v) is 5.89. The van der Waals surface area contributed by atoms with Crippen LogP contribution in [-0.4, -0.2) is 11.5 Å². The summed E-state index contributed by atoms with van der Waals surface area (Å²) in [5.74, 6) is 0.727. The minimum Gasteiger partial charge on any atom is -0.485 e. The molecule has 0 unspecified atom stereocenters. The first-order chi connectivity index (χ1) is 9.74. The molecule has 2 N–H and O–H groups in total. The molecule has 1 aromatic carbocycles. The van der Waals surface area contributed by atoms with Crippen molar-refractivity contribution in [1.82, 2.24) is 4.98 Å². The van der Waals surface area contributed by atoms with Crippen LogP contribution in [0.25, 0.3) is 0 Å². The number of rotatable bonds is 7. The molecule has 0 radical (unpaired) electrons. The lowest BCUT2D eigenvalue weighted by molar-refractivity contribution is 0.299. The van der Waals surface area contributed by atoms with Gasteiger partial charge in [0.25, 0.3) is 0 Å². The number of aryl methyl sites for hydroxylation is 1. The second-order valence-electron chi connectivity index (χ2n) is 4.54. The molecule has 0 fully saturated rings. The highest BCUT2D eigenvalue weighted by Crippen LogP contribution is 2.29. The van der Waals surface area contributed by atoms with Gasteiger partial charge in [-0.1, -0.05) is 30.7 Å². The van der Waals surface area contributed by atoms with Gasteiger partial charge in [-0.25, -0.2) is 4.98 Å². The molecule has 0 atom stereocenters. The van der Waals surface area contributed by atoms with Crippen LogP contribution < -0.4 is 10.5 Å². The van der Waals surface area contributed by atoms with E-state index < -0.39 is 0 Å². The van der Waals surface area contributed by atoms with Gasteiger partial charge in [-0.2, -0.15) is 0 Å². The maximum atomic E-state index is 6.20. The Morgan fingerprint density at radius 2 is 2.20 bits per heavy atom. The molecule has 2 aromatic rings. The van der Waals surface area contributed by atoms with Crippen molar-refractivity contribution >= 4 is 22.9 Å². The van der Waals surface area contributed by atoms with E-state index in [0.717, 1.165) is 41.3 Å². The number of aromatic nitrogens is 1. The van der Waals surface area contributed by atoms with E-state index >= 15 is 0 Å². The molecular weight excluding hydrogens is 292 g/mol. The van der Waals surface area contributed by atoms with Gasteiger partial charge in [-0.05, 0) is 37.4 Å². The van der Waals surface area contributed by atoms with Crippen LogP contribution in [0.15, 0.2) is 23.6 Å². The van der Waals surface area contributed by atoms with Crippen LogP contribution in [0.2, 0.25) is 5.02 Å². The first kappa shape index (κ1) is 15.3. The Hall–Kier alpha value is -1.10. The van der Waals surface area contributed by atoms with Crippen LogP contribution >= 0.6 is 22.9 Å². The summed E-state index contributed by atoms with van der Waals surface area (Å²) in [6.07, 6.45) is 2.89. The Balaban J connectivity index is 2.05. The average Bonchev–Trinajstić information content (AvgIpc) is 2.87. The summed E-state index contributed by atoms with van der Waals surface area (Å²) in [5, 5.41) is 3.83. The molecule has 0 aliphatic heterocycles. The van der Waals surface area contributed by atoms with Gasteiger partial charge >= 0.3 is 0 Å². The molecule has 2 rings (SSSR count). The van der Waals surface area contributed by atoms with Crippen LogP contribution in [0.3, 0.4) is 0 Å². The summed E-state index contributed by atoms with van der Waals surface area (Å²) in [6.45, 7) is 3.18. The van der Waals surface area contributed by atoms with Crippen molar-refractivity contribution < 1.29 is 4.74 Å². The van der Waals surface area contributed by atoms with Gasteiger partial charge in [0.1, 0.15) is 12.4 Å². The van der Waals surface area contributed by atoms with Crippen molar-refractivity contribution in [2.75, 3.05) is 6.54 Å². The molecule has 108 valence electrons. The first-order valence-electron chi connectivity index (χ1n) is 6.78. The van der Waals surface area contributed by atoms with Crippen molar-refractivity contribution in [3.8, 4) is 5.75 Å². The largest absolute Gasteiger partial charge is 0.485 e. The molecule has 3 nitrogen and oxygen atoms in total. The molecule has 1 aromatic heterocycles. The van der Waals surface area contributed by atoms with Crippen LogP contribution in [0.4, 0.5) is 0 Å². The molecule has 0 saturated heterocycles. The maximum absolute atomic E-state index is 6.20. The van der Waals surface area contributed by atoms with Crippen LogP contribution in [-0.2, 0) is 19.4 Å². The van der Waals surface area contributed by atoms with E-state index in [0.29, 0.717) is 18.2 Å². The summed E-state index contributed by atoms with van der Waals surface area (Å²) in [6, 6.07) is 5.75. The fraction of sp³-hybridized carbons (Fsp3) is 0.400. The highest BCUT2D eigenvalue weighted by atomic mass is 35.5. The minimum absolute atomic E-state index is 0.446. The predicted molar refractivity (Wildman–Crippen MR) is 84.7 cm³/mol. The van der Waals surface area contributed by atoms with E-state index in [1.165, 1.54) is 0 Å². The molecule has 0 spiro atoms. The van der Waals surface area contributed by atoms with Crippen molar-refractivity contribution in [2.45, 2.75) is 32.8 Å². The van der Waals surface area contributed by atoms with Crippen molar-refractivity contribution in [3.05, 3.63) is 44.9 Å². The van der Waals surface area contributed by atoms with Gasteiger partial charge in [0.15, 0.2) is 0 Å². The molecule has 20 heavy (non-hydrogen) atoms. The molecular formula is C15H19ClN2OS. The van der Waals surface area contributed by atoms with Crippen LogP contribution in [0.1, 0.15) is 29.6 Å². The molecule has 0 aliphatic carbocycles. The predicted octanol–water partition coefficient (Wildman–Crippen LogP) is 3.83. The monoisotopic (exact) mass is 310 g/mol. The fourth-order valence-electron chi connectivity index (χ4n) is 1.96. The van der Waals surface area contributed by atoms with E-state index in [9.17, 15) is 0 Å². The Bertz CT molecular complexity index is 557. The summed E-state index contributed by atoms with van der Waals surface area (Å²) in [4.78, 5) is 4.55. The minimum atomic E-state index is 0.446. The normalized spacial score (nSPS) is 10.8. The van der Waals surface area contributed by atoms with Gasteiger partial charge in [0.2, 0.25) is 0 Å². The number of thiazole rings is 1. The van der Waals surface area contributed by atoms with Gasteiger partial charge in [-0.3, -0.25) is 0 Å². The number of nitrogens with zero attached hydrogens (tertiary/aromatic N) is 1. The maximum Gasteiger partial charge on any atom is 0.141 e. The van der Waals surface area contributed by atoms with Gasteiger partial charge in [-0.15, -0.1) is 11.3 Å². The number of para-hydroxylation sites is 1. The number of nitrogens with two attached hydrogens (primary N) is 1. The van der Waals surface area contributed by atoms with Crippen molar-refractivity contribution in [1.29, 1.82) is 0 Å². The Morgan fingerprint density at radius 1 is 1.35 bits per heavy atom. The van der Waals surface area contributed by atoms with Crippen LogP contribution in [0.5, 0.6) is 5.75 Å². The standard InChI is InChI=1S/C15H19ClN2OS/c1-2-4-14-18-12(10-20-14)9-19-15-11(7-8-17)5-3-6-13(15)16/h3,5-6,10H,2,4,7-9,17H2,1H3. The SMILES string of the molecule is CCCc1nc(COc2c(Cl)cccc2CCN)cs1. The zero-order valence-electron chi connectivity index (χ0n) is 11.6. The number of benzene rings is 1. The van der Waals surface area contributed by atoms with E-state index in [1.54, 1.807) is 11.3 Å². The first-order valence-corrected chi connectivity index (χ1v) is 8.04. The van der Waals surface area contributed by atoms with Gasteiger partial charge < -0.3 is 10.5 Å². The zero-order valence-corrected chi connectivity index (χ0v) is 13.1. The zero-order chi connectivity index (χ0) is 14.4.